The number of nitrogens with zero attached hydrogens (tertiary/aromatic N) is 1. The van der Waals surface area contributed by atoms with Crippen LogP contribution in [0.5, 0.6) is 5.75 Å². The molecule has 0 aliphatic rings. The number of hydrogen-bond donors (Lipinski definition) is 2. The van der Waals surface area contributed by atoms with Crippen LogP contribution in [0.25, 0.3) is 0 Å². The third-order valence-corrected chi connectivity index (χ3v) is 4.54. The van der Waals surface area contributed by atoms with Crippen LogP contribution in [0.15, 0.2) is 73.1 Å². The summed E-state index contributed by atoms with van der Waals surface area (Å²) in [4.78, 5) is 16.6. The van der Waals surface area contributed by atoms with Crippen molar-refractivity contribution in [2.45, 2.75) is 19.4 Å². The summed E-state index contributed by atoms with van der Waals surface area (Å²) < 4.78 is 5.15. The molecule has 1 unspecified atom stereocenters. The first-order valence-corrected chi connectivity index (χ1v) is 9.33. The predicted molar refractivity (Wildman–Crippen MR) is 112 cm³/mol. The number of nitrogens with one attached hydrogen (secondary N) is 2. The summed E-state index contributed by atoms with van der Waals surface area (Å²) >= 11 is 0. The third kappa shape index (κ3) is 5.33. The fourth-order valence-corrected chi connectivity index (χ4v) is 2.93. The Labute approximate surface area is 165 Å². The van der Waals surface area contributed by atoms with E-state index in [2.05, 4.69) is 34.7 Å². The molecule has 3 rings (SSSR count). The Morgan fingerprint density at radius 1 is 1.07 bits per heavy atom. The molecule has 0 fully saturated rings. The first-order chi connectivity index (χ1) is 13.7. The van der Waals surface area contributed by atoms with E-state index >= 15 is 0 Å². The zero-order valence-electron chi connectivity index (χ0n) is 16.2. The summed E-state index contributed by atoms with van der Waals surface area (Å²) in [6.07, 6.45) is 4.07. The quantitative estimate of drug-likeness (QED) is 0.618. The number of carbonyl (C=O) groups excluding carboxylic acids is 1. The van der Waals surface area contributed by atoms with E-state index < -0.39 is 0 Å². The molecular formula is C23H25N3O2. The van der Waals surface area contributed by atoms with E-state index in [0.29, 0.717) is 12.1 Å². The first kappa shape index (κ1) is 19.4. The van der Waals surface area contributed by atoms with Crippen LogP contribution in [0.2, 0.25) is 0 Å². The van der Waals surface area contributed by atoms with E-state index in [4.69, 9.17) is 4.74 Å². The van der Waals surface area contributed by atoms with Crippen molar-refractivity contribution in [2.75, 3.05) is 19.0 Å². The second-order valence-corrected chi connectivity index (χ2v) is 6.59. The van der Waals surface area contributed by atoms with E-state index in [9.17, 15) is 4.79 Å². The average Bonchev–Trinajstić information content (AvgIpc) is 2.75. The predicted octanol–water partition coefficient (Wildman–Crippen LogP) is 4.24. The topological polar surface area (TPSA) is 63.2 Å². The second-order valence-electron chi connectivity index (χ2n) is 6.59. The van der Waals surface area contributed by atoms with E-state index in [1.54, 1.807) is 19.5 Å². The van der Waals surface area contributed by atoms with E-state index in [0.717, 1.165) is 23.4 Å². The van der Waals surface area contributed by atoms with Gasteiger partial charge in [0.1, 0.15) is 5.75 Å². The molecule has 3 aromatic rings. The van der Waals surface area contributed by atoms with Crippen LogP contribution >= 0.6 is 0 Å². The lowest BCUT2D eigenvalue weighted by Crippen LogP contribution is -2.26. The Balaban J connectivity index is 1.54. The smallest absolute Gasteiger partial charge is 0.252 e. The fraction of sp³-hybridized carbons (Fsp3) is 0.217. The van der Waals surface area contributed by atoms with Crippen LogP contribution in [0.3, 0.4) is 0 Å². The minimum atomic E-state index is -0.128. The standard InChI is InChI=1S/C23H25N3O2/c1-17(19-6-4-3-5-7-19)26-21-14-20(15-24-16-21)23(27)25-13-12-18-8-10-22(28-2)11-9-18/h3-11,14-17,26H,12-13H2,1-2H3,(H,25,27). The van der Waals surface area contributed by atoms with Gasteiger partial charge in [0.05, 0.1) is 18.4 Å². The van der Waals surface area contributed by atoms with Gasteiger partial charge in [-0.15, -0.1) is 0 Å². The summed E-state index contributed by atoms with van der Waals surface area (Å²) in [7, 11) is 1.65. The molecule has 0 radical (unpaired) electrons. The Kier molecular flexibility index (Phi) is 6.63. The molecule has 1 heterocycles. The second kappa shape index (κ2) is 9.55. The molecule has 0 spiro atoms. The van der Waals surface area contributed by atoms with E-state index in [-0.39, 0.29) is 11.9 Å². The van der Waals surface area contributed by atoms with Gasteiger partial charge in [-0.05, 0) is 42.7 Å². The Bertz CT molecular complexity index is 895. The molecule has 144 valence electrons. The van der Waals surface area contributed by atoms with Gasteiger partial charge in [-0.2, -0.15) is 0 Å². The highest BCUT2D eigenvalue weighted by atomic mass is 16.5. The molecule has 0 aliphatic carbocycles. The number of ether oxygens (including phenoxy) is 1. The van der Waals surface area contributed by atoms with Gasteiger partial charge >= 0.3 is 0 Å². The van der Waals surface area contributed by atoms with Crippen LogP contribution in [-0.4, -0.2) is 24.5 Å². The maximum atomic E-state index is 12.4. The normalized spacial score (nSPS) is 11.5. The van der Waals surface area contributed by atoms with Crippen molar-refractivity contribution >= 4 is 11.6 Å². The van der Waals surface area contributed by atoms with Crippen molar-refractivity contribution in [3.05, 3.63) is 89.7 Å². The van der Waals surface area contributed by atoms with Crippen molar-refractivity contribution < 1.29 is 9.53 Å². The molecule has 0 saturated carbocycles. The van der Waals surface area contributed by atoms with Crippen LogP contribution < -0.4 is 15.4 Å². The van der Waals surface area contributed by atoms with Gasteiger partial charge in [-0.3, -0.25) is 9.78 Å². The number of anilines is 1. The average molecular weight is 375 g/mol. The molecule has 1 aromatic heterocycles. The van der Waals surface area contributed by atoms with E-state index in [1.807, 2.05) is 48.5 Å². The number of rotatable bonds is 8. The minimum Gasteiger partial charge on any atom is -0.497 e. The highest BCUT2D eigenvalue weighted by Crippen LogP contribution is 2.19. The Morgan fingerprint density at radius 3 is 2.54 bits per heavy atom. The van der Waals surface area contributed by atoms with Gasteiger partial charge in [-0.25, -0.2) is 0 Å². The summed E-state index contributed by atoms with van der Waals surface area (Å²) in [6.45, 7) is 2.64. The van der Waals surface area contributed by atoms with Gasteiger partial charge in [0.25, 0.3) is 5.91 Å². The largest absolute Gasteiger partial charge is 0.497 e. The monoisotopic (exact) mass is 375 g/mol. The van der Waals surface area contributed by atoms with Gasteiger partial charge in [0.2, 0.25) is 0 Å². The molecule has 1 atom stereocenters. The van der Waals surface area contributed by atoms with Crippen molar-refractivity contribution in [1.82, 2.24) is 10.3 Å². The van der Waals surface area contributed by atoms with E-state index in [1.165, 1.54) is 5.56 Å². The number of amides is 1. The van der Waals surface area contributed by atoms with Gasteiger partial charge in [0.15, 0.2) is 0 Å². The van der Waals surface area contributed by atoms with Gasteiger partial charge in [0, 0.05) is 25.0 Å². The maximum Gasteiger partial charge on any atom is 0.252 e. The molecular weight excluding hydrogens is 350 g/mol. The Hall–Kier alpha value is -3.34. The number of benzene rings is 2. The minimum absolute atomic E-state index is 0.122. The molecule has 0 bridgehead atoms. The van der Waals surface area contributed by atoms with Crippen molar-refractivity contribution in [2.24, 2.45) is 0 Å². The van der Waals surface area contributed by atoms with Crippen molar-refractivity contribution in [3.8, 4) is 5.75 Å². The zero-order chi connectivity index (χ0) is 19.8. The molecule has 5 heteroatoms. The van der Waals surface area contributed by atoms with Gasteiger partial charge in [-0.1, -0.05) is 42.5 Å². The summed E-state index contributed by atoms with van der Waals surface area (Å²) in [5, 5.41) is 6.34. The lowest BCUT2D eigenvalue weighted by molar-refractivity contribution is 0.0954. The highest BCUT2D eigenvalue weighted by Gasteiger charge is 2.09. The summed E-state index contributed by atoms with van der Waals surface area (Å²) in [5.41, 5.74) is 3.68. The zero-order valence-corrected chi connectivity index (χ0v) is 16.2. The van der Waals surface area contributed by atoms with Crippen molar-refractivity contribution in [1.29, 1.82) is 0 Å². The van der Waals surface area contributed by atoms with Gasteiger partial charge < -0.3 is 15.4 Å². The molecule has 1 amide bonds. The van der Waals surface area contributed by atoms with Crippen LogP contribution in [0, 0.1) is 0 Å². The Morgan fingerprint density at radius 2 is 1.82 bits per heavy atom. The molecule has 2 N–H and O–H groups in total. The SMILES string of the molecule is COc1ccc(CCNC(=O)c2cncc(NC(C)c3ccccc3)c2)cc1. The molecule has 0 saturated heterocycles. The van der Waals surface area contributed by atoms with Crippen LogP contribution in [-0.2, 0) is 6.42 Å². The number of methoxy groups -OCH3 is 1. The number of pyridine rings is 1. The number of aromatic nitrogens is 1. The number of carbonyl (C=O) groups is 1. The maximum absolute atomic E-state index is 12.4. The highest BCUT2D eigenvalue weighted by molar-refractivity contribution is 5.94. The fourth-order valence-electron chi connectivity index (χ4n) is 2.93. The first-order valence-electron chi connectivity index (χ1n) is 9.33. The molecule has 0 aliphatic heterocycles. The summed E-state index contributed by atoms with van der Waals surface area (Å²) in [6, 6.07) is 20.0. The lowest BCUT2D eigenvalue weighted by Gasteiger charge is -2.16. The van der Waals surface area contributed by atoms with Crippen LogP contribution in [0.4, 0.5) is 5.69 Å². The molecule has 2 aromatic carbocycles. The third-order valence-electron chi connectivity index (χ3n) is 4.54. The molecule has 5 nitrogen and oxygen atoms in total. The molecule has 28 heavy (non-hydrogen) atoms. The number of hydrogen-bond acceptors (Lipinski definition) is 4. The lowest BCUT2D eigenvalue weighted by atomic mass is 10.1. The van der Waals surface area contributed by atoms with Crippen molar-refractivity contribution in [3.63, 3.8) is 0 Å². The summed E-state index contributed by atoms with van der Waals surface area (Å²) in [5.74, 6) is 0.699. The van der Waals surface area contributed by atoms with Crippen LogP contribution in [0.1, 0.15) is 34.5 Å².